The van der Waals surface area contributed by atoms with Crippen LogP contribution in [0, 0.1) is 5.41 Å². The summed E-state index contributed by atoms with van der Waals surface area (Å²) in [7, 11) is 0. The number of imidazole rings is 1. The summed E-state index contributed by atoms with van der Waals surface area (Å²) in [5, 5.41) is 16.5. The van der Waals surface area contributed by atoms with E-state index in [4.69, 9.17) is 4.74 Å². The number of carbonyl (C=O) groups excluding carboxylic acids is 1. The van der Waals surface area contributed by atoms with E-state index >= 15 is 0 Å². The van der Waals surface area contributed by atoms with Gasteiger partial charge >= 0.3 is 0 Å². The molecule has 10 heteroatoms. The highest BCUT2D eigenvalue weighted by Gasteiger charge is 2.54. The third-order valence-corrected chi connectivity index (χ3v) is 9.41. The molecule has 1 amide bonds. The lowest BCUT2D eigenvalue weighted by Gasteiger charge is -2.57. The first-order chi connectivity index (χ1) is 20.1. The highest BCUT2D eigenvalue weighted by atomic mass is 16.5. The van der Waals surface area contributed by atoms with Gasteiger partial charge < -0.3 is 10.1 Å². The zero-order valence-electron chi connectivity index (χ0n) is 22.6. The molecule has 0 unspecified atom stereocenters. The minimum Gasteiger partial charge on any atom is -0.381 e. The number of carbonyl (C=O) groups is 1. The molecule has 0 atom stereocenters. The van der Waals surface area contributed by atoms with Gasteiger partial charge in [0.05, 0.1) is 29.5 Å². The quantitative estimate of drug-likeness (QED) is 0.339. The molecule has 2 aliphatic carbocycles. The van der Waals surface area contributed by atoms with Crippen molar-refractivity contribution in [3.8, 4) is 11.1 Å². The Morgan fingerprint density at radius 1 is 1.02 bits per heavy atom. The van der Waals surface area contributed by atoms with E-state index in [2.05, 4.69) is 31.8 Å². The molecule has 4 aromatic heterocycles. The topological polar surface area (TPSA) is 119 Å². The summed E-state index contributed by atoms with van der Waals surface area (Å²) < 4.78 is 9.37. The number of amides is 1. The predicted octanol–water partition coefficient (Wildman–Crippen LogP) is 4.24. The first kappa shape index (κ1) is 24.5. The van der Waals surface area contributed by atoms with Gasteiger partial charge in [0.2, 0.25) is 0 Å². The number of rotatable bonds is 5. The molecule has 1 spiro atoms. The summed E-state index contributed by atoms with van der Waals surface area (Å²) in [6.07, 6.45) is 13.5. The van der Waals surface area contributed by atoms with Crippen LogP contribution in [0.25, 0.3) is 27.5 Å². The molecule has 208 valence electrons. The van der Waals surface area contributed by atoms with E-state index in [0.717, 1.165) is 79.6 Å². The molecule has 10 nitrogen and oxygen atoms in total. The fourth-order valence-electron chi connectivity index (χ4n) is 7.27. The molecule has 5 heterocycles. The van der Waals surface area contributed by atoms with Crippen LogP contribution in [0.2, 0.25) is 0 Å². The van der Waals surface area contributed by atoms with E-state index in [1.54, 1.807) is 6.20 Å². The van der Waals surface area contributed by atoms with Crippen LogP contribution in [-0.4, -0.2) is 54.5 Å². The molecule has 3 aliphatic rings. The molecule has 8 rings (SSSR count). The van der Waals surface area contributed by atoms with Gasteiger partial charge in [0, 0.05) is 48.5 Å². The van der Waals surface area contributed by atoms with Crippen molar-refractivity contribution >= 4 is 22.3 Å². The van der Waals surface area contributed by atoms with Crippen molar-refractivity contribution in [3.63, 3.8) is 0 Å². The van der Waals surface area contributed by atoms with E-state index < -0.39 is 0 Å². The average molecular weight is 550 g/mol. The molecule has 0 bridgehead atoms. The Hall–Kier alpha value is -4.31. The smallest absolute Gasteiger partial charge is 0.272 e. The van der Waals surface area contributed by atoms with Gasteiger partial charge in [-0.1, -0.05) is 18.2 Å². The fourth-order valence-corrected chi connectivity index (χ4v) is 7.27. The Morgan fingerprint density at radius 2 is 1.83 bits per heavy atom. The van der Waals surface area contributed by atoms with E-state index in [-0.39, 0.29) is 22.9 Å². The Balaban J connectivity index is 0.910. The number of hydrogen-bond acceptors (Lipinski definition) is 6. The molecule has 5 aromatic rings. The van der Waals surface area contributed by atoms with Crippen LogP contribution < -0.4 is 10.9 Å². The van der Waals surface area contributed by atoms with Crippen molar-refractivity contribution < 1.29 is 9.53 Å². The Morgan fingerprint density at radius 3 is 2.66 bits per heavy atom. The number of benzene rings is 1. The van der Waals surface area contributed by atoms with E-state index in [1.807, 2.05) is 57.9 Å². The minimum atomic E-state index is -0.143. The van der Waals surface area contributed by atoms with Gasteiger partial charge in [-0.2, -0.15) is 10.2 Å². The summed E-state index contributed by atoms with van der Waals surface area (Å²) in [6.45, 7) is 1.55. The van der Waals surface area contributed by atoms with Gasteiger partial charge in [0.25, 0.3) is 11.5 Å². The van der Waals surface area contributed by atoms with Crippen molar-refractivity contribution in [2.24, 2.45) is 5.41 Å². The molecule has 1 aliphatic heterocycles. The summed E-state index contributed by atoms with van der Waals surface area (Å²) in [6, 6.07) is 12.2. The molecule has 2 N–H and O–H groups in total. The third-order valence-electron chi connectivity index (χ3n) is 9.41. The first-order valence-corrected chi connectivity index (χ1v) is 14.4. The number of nitrogens with one attached hydrogen (secondary N) is 2. The standard InChI is InChI=1S/C31H31N7O3/c39-29-25-4-2-1-3-24(25)28(35-36-29)20-12-31(13-20)14-22(15-31)34-30(40)26-17-32-27-11-19(5-8-37(26)27)21-16-33-38(18-21)23-6-9-41-10-7-23/h1-5,8,11,16-18,20,22-23H,6-7,9-10,12-15H2,(H,34,40)(H,36,39). The van der Waals surface area contributed by atoms with Crippen molar-refractivity contribution in [1.29, 1.82) is 0 Å². The highest BCUT2D eigenvalue weighted by Crippen LogP contribution is 2.62. The summed E-state index contributed by atoms with van der Waals surface area (Å²) in [5.41, 5.74) is 4.44. The third kappa shape index (κ3) is 4.16. The number of fused-ring (bicyclic) bond motifs is 2. The maximum Gasteiger partial charge on any atom is 0.272 e. The first-order valence-electron chi connectivity index (χ1n) is 14.4. The second-order valence-corrected chi connectivity index (χ2v) is 12.0. The zero-order valence-corrected chi connectivity index (χ0v) is 22.6. The van der Waals surface area contributed by atoms with Crippen LogP contribution in [0.4, 0.5) is 0 Å². The summed E-state index contributed by atoms with van der Waals surface area (Å²) in [4.78, 5) is 29.9. The van der Waals surface area contributed by atoms with Gasteiger partial charge in [-0.3, -0.25) is 18.7 Å². The van der Waals surface area contributed by atoms with Gasteiger partial charge in [0.1, 0.15) is 11.3 Å². The lowest BCUT2D eigenvalue weighted by molar-refractivity contribution is -0.0197. The van der Waals surface area contributed by atoms with Crippen molar-refractivity contribution in [1.82, 2.24) is 34.7 Å². The monoisotopic (exact) mass is 549 g/mol. The van der Waals surface area contributed by atoms with Gasteiger partial charge in [-0.15, -0.1) is 0 Å². The highest BCUT2D eigenvalue weighted by molar-refractivity contribution is 5.93. The number of pyridine rings is 1. The Kier molecular flexibility index (Phi) is 5.60. The van der Waals surface area contributed by atoms with Crippen molar-refractivity contribution in [2.45, 2.75) is 56.5 Å². The molecule has 1 aromatic carbocycles. The zero-order chi connectivity index (χ0) is 27.6. The lowest BCUT2D eigenvalue weighted by atomic mass is 9.49. The van der Waals surface area contributed by atoms with E-state index in [1.165, 1.54) is 0 Å². The molecule has 2 saturated carbocycles. The van der Waals surface area contributed by atoms with Crippen molar-refractivity contribution in [2.75, 3.05) is 13.2 Å². The number of ether oxygens (including phenoxy) is 1. The molecule has 3 fully saturated rings. The largest absolute Gasteiger partial charge is 0.381 e. The lowest BCUT2D eigenvalue weighted by Crippen LogP contribution is -2.55. The molecule has 1 saturated heterocycles. The Bertz CT molecular complexity index is 1830. The van der Waals surface area contributed by atoms with Crippen LogP contribution >= 0.6 is 0 Å². The SMILES string of the molecule is O=C(NC1CC2(C1)CC(c1n[nH]c(=O)c3ccccc13)C2)c1cnc2cc(-c3cnn(C4CCOCC4)c3)ccn12. The number of H-pyrrole nitrogens is 1. The number of aromatic amines is 1. The van der Waals surface area contributed by atoms with Crippen LogP contribution in [0.15, 0.2) is 66.0 Å². The second kappa shape index (κ2) is 9.37. The number of nitrogens with zero attached hydrogens (tertiary/aromatic N) is 5. The maximum atomic E-state index is 13.2. The molecular weight excluding hydrogens is 518 g/mol. The van der Waals surface area contributed by atoms with E-state index in [0.29, 0.717) is 23.0 Å². The van der Waals surface area contributed by atoms with Crippen LogP contribution in [-0.2, 0) is 4.74 Å². The van der Waals surface area contributed by atoms with Gasteiger partial charge in [-0.25, -0.2) is 10.1 Å². The fraction of sp³-hybridized carbons (Fsp3) is 0.387. The summed E-state index contributed by atoms with van der Waals surface area (Å²) >= 11 is 0. The minimum absolute atomic E-state index is 0.0957. The molecular formula is C31H31N7O3. The van der Waals surface area contributed by atoms with Gasteiger partial charge in [0.15, 0.2) is 0 Å². The van der Waals surface area contributed by atoms with E-state index in [9.17, 15) is 9.59 Å². The number of hydrogen-bond donors (Lipinski definition) is 2. The van der Waals surface area contributed by atoms with Crippen LogP contribution in [0.5, 0.6) is 0 Å². The van der Waals surface area contributed by atoms with Crippen molar-refractivity contribution in [3.05, 3.63) is 82.9 Å². The van der Waals surface area contributed by atoms with Crippen LogP contribution in [0.3, 0.4) is 0 Å². The van der Waals surface area contributed by atoms with Gasteiger partial charge in [-0.05, 0) is 67.7 Å². The number of aromatic nitrogens is 6. The maximum absolute atomic E-state index is 13.2. The van der Waals surface area contributed by atoms with Crippen LogP contribution in [0.1, 0.15) is 66.7 Å². The second-order valence-electron chi connectivity index (χ2n) is 12.0. The molecule has 0 radical (unpaired) electrons. The molecule has 41 heavy (non-hydrogen) atoms. The Labute approximate surface area is 235 Å². The normalized spacial score (nSPS) is 24.4. The average Bonchev–Trinajstić information content (AvgIpc) is 3.62. The summed E-state index contributed by atoms with van der Waals surface area (Å²) in [5.74, 6) is 0.242. The predicted molar refractivity (Wildman–Crippen MR) is 153 cm³/mol.